The Bertz CT molecular complexity index is 909. The number of fused-ring (bicyclic) bond motifs is 2. The van der Waals surface area contributed by atoms with Gasteiger partial charge in [0.1, 0.15) is 0 Å². The maximum atomic E-state index is 4.32. The Balaban J connectivity index is 1.37. The lowest BCUT2D eigenvalue weighted by atomic mass is 9.64. The number of benzene rings is 2. The lowest BCUT2D eigenvalue weighted by molar-refractivity contribution is 0.162. The van der Waals surface area contributed by atoms with E-state index in [9.17, 15) is 0 Å². The molecule has 0 saturated heterocycles. The molecule has 27 heavy (non-hydrogen) atoms. The van der Waals surface area contributed by atoms with Crippen molar-refractivity contribution in [2.45, 2.75) is 46.0 Å². The van der Waals surface area contributed by atoms with E-state index < -0.39 is 0 Å². The molecule has 0 bridgehead atoms. The minimum atomic E-state index is 0.953. The van der Waals surface area contributed by atoms with Gasteiger partial charge in [-0.25, -0.2) is 0 Å². The van der Waals surface area contributed by atoms with Gasteiger partial charge in [-0.2, -0.15) is 0 Å². The minimum Gasteiger partial charge on any atom is -0.0984 e. The third-order valence-corrected chi connectivity index (χ3v) is 8.34. The molecule has 2 aliphatic carbocycles. The number of hydrogen-bond acceptors (Lipinski definition) is 1. The van der Waals surface area contributed by atoms with E-state index in [4.69, 9.17) is 0 Å². The predicted molar refractivity (Wildman–Crippen MR) is 128 cm³/mol. The summed E-state index contributed by atoms with van der Waals surface area (Å²) in [5.41, 5.74) is 8.61. The minimum absolute atomic E-state index is 0.953. The van der Waals surface area contributed by atoms with Gasteiger partial charge in [0, 0.05) is 8.48 Å². The average molecular weight is 486 g/mol. The number of thioether (sulfide) groups is 1. The Kier molecular flexibility index (Phi) is 5.84. The topological polar surface area (TPSA) is 0 Å². The lowest BCUT2D eigenvalue weighted by Gasteiger charge is -2.41. The number of rotatable bonds is 5. The molecule has 0 aromatic heterocycles. The van der Waals surface area contributed by atoms with Crippen molar-refractivity contribution in [2.24, 2.45) is 11.8 Å². The second-order valence-electron chi connectivity index (χ2n) is 8.13. The zero-order valence-corrected chi connectivity index (χ0v) is 19.2. The highest BCUT2D eigenvalue weighted by molar-refractivity contribution is 14.1. The third kappa shape index (κ3) is 4.22. The van der Waals surface area contributed by atoms with Crippen LogP contribution in [0.4, 0.5) is 0 Å². The smallest absolute Gasteiger partial charge is 0.0162 e. The summed E-state index contributed by atoms with van der Waals surface area (Å²) < 4.78 is 1.35. The average Bonchev–Trinajstić information content (AvgIpc) is 2.63. The van der Waals surface area contributed by atoms with Gasteiger partial charge in [-0.1, -0.05) is 48.7 Å². The van der Waals surface area contributed by atoms with Crippen LogP contribution < -0.4 is 0 Å². The first kappa shape index (κ1) is 19.3. The summed E-state index contributed by atoms with van der Waals surface area (Å²) in [6.07, 6.45) is 8.71. The molecule has 2 atom stereocenters. The molecule has 2 aromatic carbocycles. The predicted octanol–water partition coefficient (Wildman–Crippen LogP) is 7.49. The van der Waals surface area contributed by atoms with Crippen molar-refractivity contribution in [1.82, 2.24) is 0 Å². The first-order valence-corrected chi connectivity index (χ1v) is 11.9. The summed E-state index contributed by atoms with van der Waals surface area (Å²) >= 11 is 4.17. The maximum absolute atomic E-state index is 4.32. The summed E-state index contributed by atoms with van der Waals surface area (Å²) in [5, 5.41) is 2.20. The van der Waals surface area contributed by atoms with Crippen LogP contribution in [-0.2, 0) is 19.3 Å². The molecule has 2 aliphatic rings. The van der Waals surface area contributed by atoms with Crippen LogP contribution in [0, 0.1) is 29.3 Å². The summed E-state index contributed by atoms with van der Waals surface area (Å²) in [6, 6.07) is 11.6. The van der Waals surface area contributed by atoms with Gasteiger partial charge in [0.2, 0.25) is 0 Å². The molecule has 0 N–H and O–H groups in total. The SMILES string of the molecule is C=C(S/C=C/Cc1cc(C)c(I)cc1C)c1ccc2c(c1)CC1CCC1C2. The Morgan fingerprint density at radius 2 is 1.81 bits per heavy atom. The number of aryl methyl sites for hydroxylation is 2. The lowest BCUT2D eigenvalue weighted by Crippen LogP contribution is -2.33. The molecule has 2 heteroatoms. The Labute approximate surface area is 181 Å². The second kappa shape index (κ2) is 8.16. The van der Waals surface area contributed by atoms with E-state index in [0.717, 1.165) is 23.2 Å². The highest BCUT2D eigenvalue weighted by atomic mass is 127. The molecule has 0 amide bonds. The summed E-state index contributed by atoms with van der Waals surface area (Å²) in [6.45, 7) is 8.71. The standard InChI is InChI=1S/C25H27IS/c1-16-12-25(26)17(2)11-19(16)5-4-10-27-18(3)20-6-7-23-14-21-8-9-22(21)15-24(23)13-20/h4,6-7,10-13,21-22H,3,5,8-9,14-15H2,1-2H3/b10-4+. The summed E-state index contributed by atoms with van der Waals surface area (Å²) in [5.74, 6) is 1.92. The van der Waals surface area contributed by atoms with Crippen LogP contribution in [0.1, 0.15) is 46.2 Å². The zero-order valence-electron chi connectivity index (χ0n) is 16.2. The highest BCUT2D eigenvalue weighted by Crippen LogP contribution is 2.44. The molecule has 4 rings (SSSR count). The maximum Gasteiger partial charge on any atom is 0.0162 e. The first-order valence-electron chi connectivity index (χ1n) is 9.89. The van der Waals surface area contributed by atoms with E-state index in [0.29, 0.717) is 0 Å². The zero-order chi connectivity index (χ0) is 19.0. The van der Waals surface area contributed by atoms with Gasteiger partial charge >= 0.3 is 0 Å². The molecular formula is C25H27IS. The van der Waals surface area contributed by atoms with Gasteiger partial charge in [-0.15, -0.1) is 0 Å². The normalized spacial score (nSPS) is 20.9. The van der Waals surface area contributed by atoms with Crippen LogP contribution in [0.2, 0.25) is 0 Å². The third-order valence-electron chi connectivity index (χ3n) is 6.33. The largest absolute Gasteiger partial charge is 0.0984 e. The van der Waals surface area contributed by atoms with Gasteiger partial charge in [0.15, 0.2) is 0 Å². The van der Waals surface area contributed by atoms with Crippen LogP contribution in [0.25, 0.3) is 4.91 Å². The van der Waals surface area contributed by atoms with Crippen molar-refractivity contribution in [3.8, 4) is 0 Å². The van der Waals surface area contributed by atoms with Gasteiger partial charge in [0.05, 0.1) is 0 Å². The molecule has 1 saturated carbocycles. The van der Waals surface area contributed by atoms with Crippen LogP contribution in [0.5, 0.6) is 0 Å². The van der Waals surface area contributed by atoms with Crippen LogP contribution >= 0.6 is 34.4 Å². The number of halogens is 1. The van der Waals surface area contributed by atoms with Gasteiger partial charge < -0.3 is 0 Å². The molecule has 0 nitrogen and oxygen atoms in total. The summed E-state index contributed by atoms with van der Waals surface area (Å²) in [7, 11) is 0. The number of hydrogen-bond donors (Lipinski definition) is 0. The molecule has 2 unspecified atom stereocenters. The molecule has 140 valence electrons. The van der Waals surface area contributed by atoms with Gasteiger partial charge in [-0.3, -0.25) is 0 Å². The molecule has 0 spiro atoms. The highest BCUT2D eigenvalue weighted by Gasteiger charge is 2.35. The summed E-state index contributed by atoms with van der Waals surface area (Å²) in [4.78, 5) is 1.15. The molecule has 2 aromatic rings. The van der Waals surface area contributed by atoms with Crippen LogP contribution in [-0.4, -0.2) is 0 Å². The Morgan fingerprint density at radius 1 is 1.07 bits per heavy atom. The van der Waals surface area contributed by atoms with Gasteiger partial charge in [0.25, 0.3) is 0 Å². The van der Waals surface area contributed by atoms with Crippen molar-refractivity contribution in [2.75, 3.05) is 0 Å². The van der Waals surface area contributed by atoms with Crippen molar-refractivity contribution in [3.05, 3.63) is 85.3 Å². The van der Waals surface area contributed by atoms with E-state index >= 15 is 0 Å². The molecule has 0 aliphatic heterocycles. The second-order valence-corrected chi connectivity index (χ2v) is 10.3. The molecular weight excluding hydrogens is 459 g/mol. The fraction of sp³-hybridized carbons (Fsp3) is 0.360. The fourth-order valence-corrected chi connectivity index (χ4v) is 5.61. The molecule has 0 heterocycles. The van der Waals surface area contributed by atoms with Crippen molar-refractivity contribution >= 4 is 39.3 Å². The van der Waals surface area contributed by atoms with Crippen LogP contribution in [0.15, 0.2) is 48.4 Å². The quantitative estimate of drug-likeness (QED) is 0.395. The van der Waals surface area contributed by atoms with Gasteiger partial charge in [-0.05, 0) is 125 Å². The van der Waals surface area contributed by atoms with E-state index in [1.807, 2.05) is 0 Å². The Hall–Kier alpha value is -1.00. The first-order chi connectivity index (χ1) is 13.0. The van der Waals surface area contributed by atoms with Crippen molar-refractivity contribution in [3.63, 3.8) is 0 Å². The monoisotopic (exact) mass is 486 g/mol. The Morgan fingerprint density at radius 3 is 2.56 bits per heavy atom. The molecule has 1 fully saturated rings. The van der Waals surface area contributed by atoms with E-state index in [2.05, 4.69) is 84.8 Å². The molecule has 0 radical (unpaired) electrons. The number of allylic oxidation sites excluding steroid dienone is 1. The van der Waals surface area contributed by atoms with Crippen molar-refractivity contribution < 1.29 is 0 Å². The fourth-order valence-electron chi connectivity index (χ4n) is 4.36. The van der Waals surface area contributed by atoms with E-state index in [1.54, 1.807) is 22.9 Å². The van der Waals surface area contributed by atoms with E-state index in [-0.39, 0.29) is 0 Å². The van der Waals surface area contributed by atoms with Crippen molar-refractivity contribution in [1.29, 1.82) is 0 Å². The van der Waals surface area contributed by atoms with Crippen LogP contribution in [0.3, 0.4) is 0 Å². The van der Waals surface area contributed by atoms with E-state index in [1.165, 1.54) is 51.5 Å².